The molecular weight excluding hydrogens is 481 g/mol. The summed E-state index contributed by atoms with van der Waals surface area (Å²) in [5.41, 5.74) is 0.982. The third kappa shape index (κ3) is 7.22. The number of guanidine groups is 1. The first-order valence-electron chi connectivity index (χ1n) is 9.86. The van der Waals surface area contributed by atoms with E-state index in [2.05, 4.69) is 62.5 Å². The summed E-state index contributed by atoms with van der Waals surface area (Å²) in [7, 11) is 1.78. The monoisotopic (exact) mass is 513 g/mol. The molecule has 0 saturated carbocycles. The minimum absolute atomic E-state index is 0. The molecule has 1 aliphatic heterocycles. The predicted octanol–water partition coefficient (Wildman–Crippen LogP) is 2.71. The molecule has 1 saturated heterocycles. The molecule has 9 heteroatoms. The number of nitrogens with one attached hydrogen (secondary N) is 2. The van der Waals surface area contributed by atoms with Crippen LogP contribution in [-0.2, 0) is 18.5 Å². The zero-order valence-corrected chi connectivity index (χ0v) is 20.0. The average Bonchev–Trinajstić information content (AvgIpc) is 3.17. The number of likely N-dealkylation sites (tertiary alicyclic amines) is 1. The van der Waals surface area contributed by atoms with Gasteiger partial charge in [0, 0.05) is 44.3 Å². The molecule has 0 bridgehead atoms. The third-order valence-electron chi connectivity index (χ3n) is 4.79. The van der Waals surface area contributed by atoms with E-state index in [4.69, 9.17) is 4.52 Å². The first-order chi connectivity index (χ1) is 13.4. The van der Waals surface area contributed by atoms with Crippen LogP contribution < -0.4 is 10.6 Å². The van der Waals surface area contributed by atoms with Crippen molar-refractivity contribution in [3.63, 3.8) is 0 Å². The Morgan fingerprint density at radius 1 is 1.28 bits per heavy atom. The standard InChI is InChI=1S/C20H31N7O.HI/c1-20(2,3)18-25-17(26-28-18)13-23-19(21-4)24-15-8-11-27(12-9-15)14-16-7-5-6-10-22-16;/h5-7,10,15H,8-9,11-14H2,1-4H3,(H2,21,23,24);1H. The number of rotatable bonds is 5. The maximum Gasteiger partial charge on any atom is 0.232 e. The number of halogens is 1. The normalized spacial score (nSPS) is 16.3. The Balaban J connectivity index is 0.00000300. The lowest BCUT2D eigenvalue weighted by molar-refractivity contribution is 0.196. The smallest absolute Gasteiger partial charge is 0.232 e. The van der Waals surface area contributed by atoms with Gasteiger partial charge in [-0.3, -0.25) is 14.9 Å². The fourth-order valence-electron chi connectivity index (χ4n) is 3.14. The molecule has 29 heavy (non-hydrogen) atoms. The van der Waals surface area contributed by atoms with Crippen LogP contribution in [0.2, 0.25) is 0 Å². The van der Waals surface area contributed by atoms with Crippen LogP contribution in [0.15, 0.2) is 33.9 Å². The Morgan fingerprint density at radius 3 is 2.62 bits per heavy atom. The average molecular weight is 513 g/mol. The third-order valence-corrected chi connectivity index (χ3v) is 4.79. The van der Waals surface area contributed by atoms with Gasteiger partial charge in [0.2, 0.25) is 5.89 Å². The van der Waals surface area contributed by atoms with Gasteiger partial charge in [-0.2, -0.15) is 4.98 Å². The largest absolute Gasteiger partial charge is 0.354 e. The Kier molecular flexibility index (Phi) is 8.81. The first-order valence-corrected chi connectivity index (χ1v) is 9.86. The second kappa shape index (κ2) is 10.9. The topological polar surface area (TPSA) is 91.5 Å². The van der Waals surface area contributed by atoms with Crippen molar-refractivity contribution in [1.29, 1.82) is 0 Å². The molecule has 0 unspecified atom stereocenters. The second-order valence-corrected chi connectivity index (χ2v) is 8.21. The van der Waals surface area contributed by atoms with Crippen molar-refractivity contribution < 1.29 is 4.52 Å². The Hall–Kier alpha value is -1.75. The number of piperidine rings is 1. The van der Waals surface area contributed by atoms with Gasteiger partial charge in [-0.05, 0) is 25.0 Å². The zero-order valence-electron chi connectivity index (χ0n) is 17.7. The lowest BCUT2D eigenvalue weighted by Gasteiger charge is -2.32. The molecule has 8 nitrogen and oxygen atoms in total. The van der Waals surface area contributed by atoms with Crippen molar-refractivity contribution in [1.82, 2.24) is 30.7 Å². The Morgan fingerprint density at radius 2 is 2.03 bits per heavy atom. The molecule has 0 aromatic carbocycles. The van der Waals surface area contributed by atoms with Crippen LogP contribution in [0.3, 0.4) is 0 Å². The number of hydrogen-bond acceptors (Lipinski definition) is 6. The lowest BCUT2D eigenvalue weighted by atomic mass is 9.97. The maximum absolute atomic E-state index is 5.33. The van der Waals surface area contributed by atoms with Gasteiger partial charge < -0.3 is 15.2 Å². The number of nitrogens with zero attached hydrogens (tertiary/aromatic N) is 5. The number of aliphatic imine (C=N–C) groups is 1. The summed E-state index contributed by atoms with van der Waals surface area (Å²) in [5, 5.41) is 10.8. The number of aromatic nitrogens is 3. The summed E-state index contributed by atoms with van der Waals surface area (Å²) >= 11 is 0. The zero-order chi connectivity index (χ0) is 20.0. The summed E-state index contributed by atoms with van der Waals surface area (Å²) < 4.78 is 5.33. The molecule has 3 rings (SSSR count). The molecule has 0 amide bonds. The molecule has 3 heterocycles. The maximum atomic E-state index is 5.33. The van der Waals surface area contributed by atoms with E-state index in [0.717, 1.165) is 44.1 Å². The Labute approximate surface area is 190 Å². The molecule has 1 aliphatic rings. The van der Waals surface area contributed by atoms with Gasteiger partial charge in [-0.1, -0.05) is 32.0 Å². The highest BCUT2D eigenvalue weighted by atomic mass is 127. The molecule has 2 aromatic heterocycles. The second-order valence-electron chi connectivity index (χ2n) is 8.21. The van der Waals surface area contributed by atoms with E-state index in [0.29, 0.717) is 24.3 Å². The first kappa shape index (κ1) is 23.5. The van der Waals surface area contributed by atoms with Crippen LogP contribution in [0, 0.1) is 0 Å². The van der Waals surface area contributed by atoms with E-state index >= 15 is 0 Å². The highest BCUT2D eigenvalue weighted by Gasteiger charge is 2.22. The van der Waals surface area contributed by atoms with Crippen LogP contribution in [0.1, 0.15) is 51.0 Å². The van der Waals surface area contributed by atoms with Crippen molar-refractivity contribution in [2.45, 2.75) is 58.2 Å². The summed E-state index contributed by atoms with van der Waals surface area (Å²) in [4.78, 5) is 15.6. The Bertz CT molecular complexity index is 765. The molecular formula is C20H32IN7O. The van der Waals surface area contributed by atoms with Crippen molar-refractivity contribution in [3.05, 3.63) is 41.8 Å². The molecule has 2 N–H and O–H groups in total. The van der Waals surface area contributed by atoms with E-state index in [1.807, 2.05) is 18.3 Å². The van der Waals surface area contributed by atoms with Crippen molar-refractivity contribution in [2.24, 2.45) is 4.99 Å². The molecule has 160 valence electrons. The summed E-state index contributed by atoms with van der Waals surface area (Å²) in [6.07, 6.45) is 4.00. The van der Waals surface area contributed by atoms with Gasteiger partial charge in [0.1, 0.15) is 0 Å². The summed E-state index contributed by atoms with van der Waals surface area (Å²) in [6, 6.07) is 6.48. The molecule has 1 fully saturated rings. The van der Waals surface area contributed by atoms with Crippen molar-refractivity contribution >= 4 is 29.9 Å². The number of pyridine rings is 1. The molecule has 0 radical (unpaired) electrons. The van der Waals surface area contributed by atoms with Crippen LogP contribution in [0.4, 0.5) is 0 Å². The van der Waals surface area contributed by atoms with E-state index in [9.17, 15) is 0 Å². The van der Waals surface area contributed by atoms with Gasteiger partial charge in [0.15, 0.2) is 11.8 Å². The highest BCUT2D eigenvalue weighted by molar-refractivity contribution is 14.0. The van der Waals surface area contributed by atoms with Gasteiger partial charge >= 0.3 is 0 Å². The molecule has 0 aliphatic carbocycles. The summed E-state index contributed by atoms with van der Waals surface area (Å²) in [5.74, 6) is 2.05. The summed E-state index contributed by atoms with van der Waals surface area (Å²) in [6.45, 7) is 9.65. The minimum atomic E-state index is -0.144. The highest BCUT2D eigenvalue weighted by Crippen LogP contribution is 2.19. The van der Waals surface area contributed by atoms with E-state index in [-0.39, 0.29) is 29.4 Å². The van der Waals surface area contributed by atoms with Crippen molar-refractivity contribution in [2.75, 3.05) is 20.1 Å². The SMILES string of the molecule is CN=C(NCc1noc(C(C)(C)C)n1)NC1CCN(Cc2ccccn2)CC1.I. The van der Waals surface area contributed by atoms with Gasteiger partial charge in [0.05, 0.1) is 12.2 Å². The van der Waals surface area contributed by atoms with Crippen LogP contribution in [0.5, 0.6) is 0 Å². The molecule has 0 spiro atoms. The lowest BCUT2D eigenvalue weighted by Crippen LogP contribution is -2.48. The van der Waals surface area contributed by atoms with E-state index in [1.165, 1.54) is 0 Å². The van der Waals surface area contributed by atoms with Gasteiger partial charge in [-0.15, -0.1) is 24.0 Å². The fourth-order valence-corrected chi connectivity index (χ4v) is 3.14. The van der Waals surface area contributed by atoms with Crippen molar-refractivity contribution in [3.8, 4) is 0 Å². The van der Waals surface area contributed by atoms with Gasteiger partial charge in [0.25, 0.3) is 0 Å². The fraction of sp³-hybridized carbons (Fsp3) is 0.600. The quantitative estimate of drug-likeness (QED) is 0.361. The van der Waals surface area contributed by atoms with E-state index < -0.39 is 0 Å². The molecule has 2 aromatic rings. The van der Waals surface area contributed by atoms with Crippen LogP contribution in [0.25, 0.3) is 0 Å². The van der Waals surface area contributed by atoms with Crippen LogP contribution in [-0.4, -0.2) is 52.2 Å². The minimum Gasteiger partial charge on any atom is -0.354 e. The molecule has 0 atom stereocenters. The number of hydrogen-bond donors (Lipinski definition) is 2. The predicted molar refractivity (Wildman–Crippen MR) is 124 cm³/mol. The van der Waals surface area contributed by atoms with Gasteiger partial charge in [-0.25, -0.2) is 0 Å². The van der Waals surface area contributed by atoms with Crippen LogP contribution >= 0.6 is 24.0 Å². The van der Waals surface area contributed by atoms with E-state index in [1.54, 1.807) is 7.05 Å².